The average Bonchev–Trinajstić information content (AvgIpc) is 2.17. The van der Waals surface area contributed by atoms with Crippen LogP contribution in [0, 0.1) is 0 Å². The molecule has 2 aromatic rings. The fraction of sp³-hybridized carbons (Fsp3) is 0.167. The normalized spacial score (nSPS) is 10.5. The summed E-state index contributed by atoms with van der Waals surface area (Å²) < 4.78 is 1.15. The molecule has 0 atom stereocenters. The summed E-state index contributed by atoms with van der Waals surface area (Å²) in [5, 5.41) is 2.55. The van der Waals surface area contributed by atoms with Crippen LogP contribution in [0.2, 0.25) is 0 Å². The molecule has 0 aliphatic carbocycles. The Morgan fingerprint density at radius 1 is 1.00 bits per heavy atom. The highest BCUT2D eigenvalue weighted by atomic mass is 79.9. The maximum absolute atomic E-state index is 3.59. The standard InChI is InChI=1S/C12H12BrN/c1-14(2)11-8-4-6-9-5-3-7-10(13)12(9)11/h3-8H,1-2H3. The summed E-state index contributed by atoms with van der Waals surface area (Å²) in [7, 11) is 4.13. The van der Waals surface area contributed by atoms with Crippen molar-refractivity contribution < 1.29 is 0 Å². The number of hydrogen-bond acceptors (Lipinski definition) is 1. The number of rotatable bonds is 1. The van der Waals surface area contributed by atoms with Gasteiger partial charge in [0.05, 0.1) is 0 Å². The van der Waals surface area contributed by atoms with E-state index >= 15 is 0 Å². The molecule has 0 aromatic heterocycles. The predicted molar refractivity (Wildman–Crippen MR) is 66.0 cm³/mol. The van der Waals surface area contributed by atoms with Crippen LogP contribution in [0.15, 0.2) is 40.9 Å². The van der Waals surface area contributed by atoms with Crippen LogP contribution in [0.1, 0.15) is 0 Å². The Kier molecular flexibility index (Phi) is 2.46. The summed E-state index contributed by atoms with van der Waals surface area (Å²) >= 11 is 3.59. The van der Waals surface area contributed by atoms with E-state index in [1.807, 2.05) is 0 Å². The molecule has 0 unspecified atom stereocenters. The Hall–Kier alpha value is -1.02. The predicted octanol–water partition coefficient (Wildman–Crippen LogP) is 3.67. The highest BCUT2D eigenvalue weighted by molar-refractivity contribution is 9.10. The van der Waals surface area contributed by atoms with Gasteiger partial charge in [-0.2, -0.15) is 0 Å². The smallest absolute Gasteiger partial charge is 0.0452 e. The topological polar surface area (TPSA) is 3.24 Å². The lowest BCUT2D eigenvalue weighted by atomic mass is 10.1. The molecule has 1 nitrogen and oxygen atoms in total. The molecule has 2 rings (SSSR count). The second kappa shape index (κ2) is 3.62. The van der Waals surface area contributed by atoms with Crippen LogP contribution in [0.3, 0.4) is 0 Å². The highest BCUT2D eigenvalue weighted by Crippen LogP contribution is 2.31. The molecule has 72 valence electrons. The van der Waals surface area contributed by atoms with E-state index in [4.69, 9.17) is 0 Å². The zero-order valence-corrected chi connectivity index (χ0v) is 9.88. The van der Waals surface area contributed by atoms with E-state index in [2.05, 4.69) is 71.3 Å². The maximum Gasteiger partial charge on any atom is 0.0452 e. The summed E-state index contributed by atoms with van der Waals surface area (Å²) in [6.07, 6.45) is 0. The second-order valence-corrected chi connectivity index (χ2v) is 4.36. The van der Waals surface area contributed by atoms with Gasteiger partial charge in [0, 0.05) is 29.6 Å². The lowest BCUT2D eigenvalue weighted by Crippen LogP contribution is -2.08. The summed E-state index contributed by atoms with van der Waals surface area (Å²) in [6, 6.07) is 12.6. The first-order valence-electron chi connectivity index (χ1n) is 4.55. The first-order valence-corrected chi connectivity index (χ1v) is 5.34. The molecule has 0 saturated heterocycles. The molecule has 0 amide bonds. The molecule has 0 aliphatic rings. The van der Waals surface area contributed by atoms with E-state index < -0.39 is 0 Å². The fourth-order valence-electron chi connectivity index (χ4n) is 1.65. The maximum atomic E-state index is 3.59. The van der Waals surface area contributed by atoms with Crippen LogP contribution in [0.25, 0.3) is 10.8 Å². The van der Waals surface area contributed by atoms with Gasteiger partial charge in [-0.25, -0.2) is 0 Å². The van der Waals surface area contributed by atoms with E-state index in [9.17, 15) is 0 Å². The monoisotopic (exact) mass is 249 g/mol. The van der Waals surface area contributed by atoms with Gasteiger partial charge in [-0.05, 0) is 17.5 Å². The third-order valence-electron chi connectivity index (χ3n) is 2.31. The van der Waals surface area contributed by atoms with Crippen molar-refractivity contribution in [3.05, 3.63) is 40.9 Å². The van der Waals surface area contributed by atoms with Gasteiger partial charge < -0.3 is 4.90 Å². The number of benzene rings is 2. The number of fused-ring (bicyclic) bond motifs is 1. The minimum atomic E-state index is 1.15. The molecule has 0 saturated carbocycles. The molecule has 2 heteroatoms. The Balaban J connectivity index is 2.84. The van der Waals surface area contributed by atoms with Crippen molar-refractivity contribution in [2.45, 2.75) is 0 Å². The number of nitrogens with zero attached hydrogens (tertiary/aromatic N) is 1. The largest absolute Gasteiger partial charge is 0.377 e. The van der Waals surface area contributed by atoms with Crippen LogP contribution in [0.5, 0.6) is 0 Å². The minimum Gasteiger partial charge on any atom is -0.377 e. The zero-order chi connectivity index (χ0) is 10.1. The average molecular weight is 250 g/mol. The summed E-state index contributed by atoms with van der Waals surface area (Å²) in [6.45, 7) is 0. The first-order chi connectivity index (χ1) is 6.70. The first kappa shape index (κ1) is 9.53. The van der Waals surface area contributed by atoms with E-state index in [-0.39, 0.29) is 0 Å². The van der Waals surface area contributed by atoms with Crippen LogP contribution in [-0.4, -0.2) is 14.1 Å². The van der Waals surface area contributed by atoms with Crippen molar-refractivity contribution in [2.75, 3.05) is 19.0 Å². The molecule has 0 bridgehead atoms. The van der Waals surface area contributed by atoms with Crippen molar-refractivity contribution >= 4 is 32.4 Å². The van der Waals surface area contributed by atoms with Crippen molar-refractivity contribution in [3.8, 4) is 0 Å². The van der Waals surface area contributed by atoms with E-state index in [1.54, 1.807) is 0 Å². The second-order valence-electron chi connectivity index (χ2n) is 3.51. The van der Waals surface area contributed by atoms with E-state index in [1.165, 1.54) is 16.5 Å². The van der Waals surface area contributed by atoms with Gasteiger partial charge in [0.2, 0.25) is 0 Å². The van der Waals surface area contributed by atoms with Crippen molar-refractivity contribution in [1.82, 2.24) is 0 Å². The number of anilines is 1. The lowest BCUT2D eigenvalue weighted by Gasteiger charge is -2.16. The molecule has 14 heavy (non-hydrogen) atoms. The molecule has 0 N–H and O–H groups in total. The highest BCUT2D eigenvalue weighted by Gasteiger charge is 2.04. The van der Waals surface area contributed by atoms with Crippen molar-refractivity contribution in [3.63, 3.8) is 0 Å². The van der Waals surface area contributed by atoms with Crippen LogP contribution in [-0.2, 0) is 0 Å². The Bertz CT molecular complexity index is 458. The number of hydrogen-bond donors (Lipinski definition) is 0. The summed E-state index contributed by atoms with van der Waals surface area (Å²) in [5.41, 5.74) is 1.25. The molecule has 0 spiro atoms. The van der Waals surface area contributed by atoms with Gasteiger partial charge >= 0.3 is 0 Å². The van der Waals surface area contributed by atoms with Crippen LogP contribution >= 0.6 is 15.9 Å². The van der Waals surface area contributed by atoms with Gasteiger partial charge in [-0.15, -0.1) is 0 Å². The SMILES string of the molecule is CN(C)c1cccc2cccc(Br)c12. The van der Waals surface area contributed by atoms with Gasteiger partial charge in [0.25, 0.3) is 0 Å². The van der Waals surface area contributed by atoms with Crippen LogP contribution in [0.4, 0.5) is 5.69 Å². The molecular weight excluding hydrogens is 238 g/mol. The summed E-state index contributed by atoms with van der Waals surface area (Å²) in [4.78, 5) is 2.13. The van der Waals surface area contributed by atoms with Gasteiger partial charge in [0.1, 0.15) is 0 Å². The summed E-state index contributed by atoms with van der Waals surface area (Å²) in [5.74, 6) is 0. The quantitative estimate of drug-likeness (QED) is 0.746. The molecule has 0 fully saturated rings. The molecule has 0 aliphatic heterocycles. The van der Waals surface area contributed by atoms with Crippen molar-refractivity contribution in [1.29, 1.82) is 0 Å². The fourth-order valence-corrected chi connectivity index (χ4v) is 2.23. The molecule has 0 radical (unpaired) electrons. The molecule has 0 heterocycles. The van der Waals surface area contributed by atoms with E-state index in [0.29, 0.717) is 0 Å². The van der Waals surface area contributed by atoms with Gasteiger partial charge in [0.15, 0.2) is 0 Å². The third-order valence-corrected chi connectivity index (χ3v) is 2.97. The Morgan fingerprint density at radius 2 is 1.64 bits per heavy atom. The third kappa shape index (κ3) is 1.50. The molecule has 2 aromatic carbocycles. The molecular formula is C12H12BrN. The van der Waals surface area contributed by atoms with Crippen molar-refractivity contribution in [2.24, 2.45) is 0 Å². The van der Waals surface area contributed by atoms with Crippen LogP contribution < -0.4 is 4.90 Å². The lowest BCUT2D eigenvalue weighted by molar-refractivity contribution is 1.14. The van der Waals surface area contributed by atoms with Gasteiger partial charge in [-0.1, -0.05) is 40.2 Å². The minimum absolute atomic E-state index is 1.15. The van der Waals surface area contributed by atoms with E-state index in [0.717, 1.165) is 4.47 Å². The Labute approximate surface area is 92.5 Å². The van der Waals surface area contributed by atoms with Gasteiger partial charge in [-0.3, -0.25) is 0 Å². The number of halogens is 1. The zero-order valence-electron chi connectivity index (χ0n) is 8.29. The Morgan fingerprint density at radius 3 is 2.29 bits per heavy atom.